The highest BCUT2D eigenvalue weighted by atomic mass is 35.5. The van der Waals surface area contributed by atoms with Gasteiger partial charge in [-0.3, -0.25) is 14.6 Å². The first-order valence-electron chi connectivity index (χ1n) is 6.62. The first-order chi connectivity index (χ1) is 9.91. The zero-order valence-corrected chi connectivity index (χ0v) is 13.3. The van der Waals surface area contributed by atoms with Crippen LogP contribution in [0.25, 0.3) is 0 Å². The Morgan fingerprint density at radius 2 is 1.67 bits per heavy atom. The Labute approximate surface area is 128 Å². The number of rotatable bonds is 3. The first kappa shape index (κ1) is 15.8. The second-order valence-corrected chi connectivity index (χ2v) is 5.55. The van der Waals surface area contributed by atoms with Gasteiger partial charge in [-0.05, 0) is 30.5 Å². The SMILES string of the molecule is COC(=O)C1(C(=O)OC)Cc2c(C)nc(CCl)c(C)c2C1. The lowest BCUT2D eigenvalue weighted by Crippen LogP contribution is -2.42. The number of fused-ring (bicyclic) bond motifs is 1. The Morgan fingerprint density at radius 1 is 1.14 bits per heavy atom. The van der Waals surface area contributed by atoms with E-state index in [1.165, 1.54) is 14.2 Å². The number of pyridine rings is 1. The molecule has 5 nitrogen and oxygen atoms in total. The molecule has 1 aliphatic rings. The molecule has 0 fully saturated rings. The van der Waals surface area contributed by atoms with Crippen LogP contribution in [-0.4, -0.2) is 31.1 Å². The molecule has 6 heteroatoms. The minimum Gasteiger partial charge on any atom is -0.468 e. The van der Waals surface area contributed by atoms with E-state index in [-0.39, 0.29) is 12.8 Å². The average molecular weight is 312 g/mol. The van der Waals surface area contributed by atoms with E-state index in [0.717, 1.165) is 28.1 Å². The van der Waals surface area contributed by atoms with Crippen molar-refractivity contribution in [3.8, 4) is 0 Å². The smallest absolute Gasteiger partial charge is 0.323 e. The molecule has 0 unspecified atom stereocenters. The molecule has 0 bridgehead atoms. The maximum atomic E-state index is 12.2. The van der Waals surface area contributed by atoms with Crippen molar-refractivity contribution in [3.63, 3.8) is 0 Å². The summed E-state index contributed by atoms with van der Waals surface area (Å²) in [5.41, 5.74) is 3.05. The van der Waals surface area contributed by atoms with Crippen LogP contribution >= 0.6 is 11.6 Å². The number of carbonyl (C=O) groups excluding carboxylic acids is 2. The molecular formula is C15H18ClNO4. The van der Waals surface area contributed by atoms with Crippen molar-refractivity contribution >= 4 is 23.5 Å². The fraction of sp³-hybridized carbons (Fsp3) is 0.533. The van der Waals surface area contributed by atoms with Gasteiger partial charge in [-0.15, -0.1) is 11.6 Å². The van der Waals surface area contributed by atoms with Gasteiger partial charge in [-0.1, -0.05) is 0 Å². The van der Waals surface area contributed by atoms with Gasteiger partial charge in [0.05, 0.1) is 25.8 Å². The lowest BCUT2D eigenvalue weighted by atomic mass is 9.84. The summed E-state index contributed by atoms with van der Waals surface area (Å²) < 4.78 is 9.68. The lowest BCUT2D eigenvalue weighted by Gasteiger charge is -2.22. The van der Waals surface area contributed by atoms with Crippen molar-refractivity contribution in [1.29, 1.82) is 0 Å². The van der Waals surface area contributed by atoms with E-state index in [1.54, 1.807) is 0 Å². The summed E-state index contributed by atoms with van der Waals surface area (Å²) in [6.07, 6.45) is 0.519. The van der Waals surface area contributed by atoms with Crippen molar-refractivity contribution in [2.24, 2.45) is 5.41 Å². The lowest BCUT2D eigenvalue weighted by molar-refractivity contribution is -0.168. The summed E-state index contributed by atoms with van der Waals surface area (Å²) >= 11 is 5.91. The van der Waals surface area contributed by atoms with Gasteiger partial charge in [0.1, 0.15) is 0 Å². The number of esters is 2. The number of aromatic nitrogens is 1. The van der Waals surface area contributed by atoms with Crippen LogP contribution in [0.1, 0.15) is 28.1 Å². The third kappa shape index (κ3) is 2.29. The van der Waals surface area contributed by atoms with Crippen LogP contribution < -0.4 is 0 Å². The highest BCUT2D eigenvalue weighted by Crippen LogP contribution is 2.42. The topological polar surface area (TPSA) is 65.5 Å². The number of hydrogen-bond donors (Lipinski definition) is 0. The highest BCUT2D eigenvalue weighted by molar-refractivity contribution is 6.17. The second kappa shape index (κ2) is 5.64. The Hall–Kier alpha value is -1.62. The van der Waals surface area contributed by atoms with Crippen LogP contribution in [0.3, 0.4) is 0 Å². The molecule has 0 atom stereocenters. The zero-order chi connectivity index (χ0) is 15.8. The molecule has 114 valence electrons. The third-order valence-electron chi connectivity index (χ3n) is 4.23. The molecule has 0 saturated carbocycles. The standard InChI is InChI=1S/C15H18ClNO4/c1-8-10-5-15(13(18)20-3,14(19)21-4)6-11(10)9(2)17-12(8)7-16/h5-7H2,1-4H3. The number of ether oxygens (including phenoxy) is 2. The number of hydrogen-bond acceptors (Lipinski definition) is 5. The number of aryl methyl sites for hydroxylation is 1. The van der Waals surface area contributed by atoms with Gasteiger partial charge in [0.25, 0.3) is 0 Å². The van der Waals surface area contributed by atoms with Gasteiger partial charge in [0.2, 0.25) is 0 Å². The molecule has 0 aromatic carbocycles. The molecule has 21 heavy (non-hydrogen) atoms. The average Bonchev–Trinajstić information content (AvgIpc) is 2.91. The molecule has 1 aromatic rings. The first-order valence-corrected chi connectivity index (χ1v) is 7.15. The minimum atomic E-state index is -1.31. The third-order valence-corrected chi connectivity index (χ3v) is 4.48. The Balaban J connectivity index is 2.59. The van der Waals surface area contributed by atoms with E-state index in [2.05, 4.69) is 4.98 Å². The predicted molar refractivity (Wildman–Crippen MR) is 77.1 cm³/mol. The number of halogens is 1. The van der Waals surface area contributed by atoms with Crippen LogP contribution in [0.5, 0.6) is 0 Å². The van der Waals surface area contributed by atoms with Gasteiger partial charge in [0, 0.05) is 18.5 Å². The van der Waals surface area contributed by atoms with Gasteiger partial charge in [0.15, 0.2) is 5.41 Å². The zero-order valence-electron chi connectivity index (χ0n) is 12.6. The predicted octanol–water partition coefficient (Wildman–Crippen LogP) is 1.87. The fourth-order valence-electron chi connectivity index (χ4n) is 3.01. The minimum absolute atomic E-state index is 0.254. The summed E-state index contributed by atoms with van der Waals surface area (Å²) in [6.45, 7) is 3.77. The van der Waals surface area contributed by atoms with E-state index < -0.39 is 17.4 Å². The molecule has 1 aromatic heterocycles. The quantitative estimate of drug-likeness (QED) is 0.484. The maximum Gasteiger partial charge on any atom is 0.323 e. The van der Waals surface area contributed by atoms with Gasteiger partial charge in [-0.2, -0.15) is 0 Å². The molecular weight excluding hydrogens is 294 g/mol. The molecule has 2 rings (SSSR count). The number of nitrogens with zero attached hydrogens (tertiary/aromatic N) is 1. The maximum absolute atomic E-state index is 12.2. The molecule has 0 aliphatic heterocycles. The van der Waals surface area contributed by atoms with Crippen molar-refractivity contribution in [2.45, 2.75) is 32.6 Å². The van der Waals surface area contributed by atoms with E-state index in [0.29, 0.717) is 5.88 Å². The summed E-state index contributed by atoms with van der Waals surface area (Å²) in [7, 11) is 2.55. The molecule has 1 aliphatic carbocycles. The monoisotopic (exact) mass is 311 g/mol. The largest absolute Gasteiger partial charge is 0.468 e. The van der Waals surface area contributed by atoms with E-state index in [4.69, 9.17) is 21.1 Å². The summed E-state index contributed by atoms with van der Waals surface area (Å²) in [5, 5.41) is 0. The molecule has 1 heterocycles. The number of methoxy groups -OCH3 is 2. The molecule has 0 N–H and O–H groups in total. The highest BCUT2D eigenvalue weighted by Gasteiger charge is 2.53. The Bertz CT molecular complexity index is 596. The number of carbonyl (C=O) groups is 2. The Kier molecular flexibility index (Phi) is 4.23. The summed E-state index contributed by atoms with van der Waals surface area (Å²) in [4.78, 5) is 28.9. The normalized spacial score (nSPS) is 15.5. The van der Waals surface area contributed by atoms with Crippen LogP contribution in [0, 0.1) is 19.3 Å². The molecule has 0 spiro atoms. The van der Waals surface area contributed by atoms with Gasteiger partial charge < -0.3 is 9.47 Å². The van der Waals surface area contributed by atoms with Crippen LogP contribution in [-0.2, 0) is 37.8 Å². The van der Waals surface area contributed by atoms with Crippen LogP contribution in [0.15, 0.2) is 0 Å². The van der Waals surface area contributed by atoms with Crippen molar-refractivity contribution in [1.82, 2.24) is 4.98 Å². The number of alkyl halides is 1. The van der Waals surface area contributed by atoms with E-state index >= 15 is 0 Å². The van der Waals surface area contributed by atoms with E-state index in [9.17, 15) is 9.59 Å². The van der Waals surface area contributed by atoms with Crippen molar-refractivity contribution < 1.29 is 19.1 Å². The van der Waals surface area contributed by atoms with Crippen LogP contribution in [0.4, 0.5) is 0 Å². The molecule has 0 saturated heterocycles. The fourth-order valence-corrected chi connectivity index (χ4v) is 3.27. The van der Waals surface area contributed by atoms with Gasteiger partial charge in [-0.25, -0.2) is 0 Å². The van der Waals surface area contributed by atoms with Gasteiger partial charge >= 0.3 is 11.9 Å². The molecule has 0 radical (unpaired) electrons. The Morgan fingerprint density at radius 3 is 2.14 bits per heavy atom. The summed E-state index contributed by atoms with van der Waals surface area (Å²) in [6, 6.07) is 0. The van der Waals surface area contributed by atoms with Crippen molar-refractivity contribution in [3.05, 3.63) is 28.1 Å². The van der Waals surface area contributed by atoms with Crippen LogP contribution in [0.2, 0.25) is 0 Å². The summed E-state index contributed by atoms with van der Waals surface area (Å²) in [5.74, 6) is -0.850. The van der Waals surface area contributed by atoms with Crippen molar-refractivity contribution in [2.75, 3.05) is 14.2 Å². The van der Waals surface area contributed by atoms with E-state index in [1.807, 2.05) is 13.8 Å². The molecule has 0 amide bonds. The second-order valence-electron chi connectivity index (χ2n) is 5.28.